The zero-order valence-electron chi connectivity index (χ0n) is 17.3. The molecule has 0 saturated carbocycles. The minimum Gasteiger partial charge on any atom is -0.489 e. The number of aliphatic imine (C=N–C) groups is 1. The molecule has 0 aliphatic heterocycles. The van der Waals surface area contributed by atoms with E-state index in [1.807, 2.05) is 36.7 Å². The first kappa shape index (κ1) is 21.3. The summed E-state index contributed by atoms with van der Waals surface area (Å²) in [5.41, 5.74) is 1.04. The summed E-state index contributed by atoms with van der Waals surface area (Å²) in [6, 6.07) is 10.1. The molecule has 0 amide bonds. The van der Waals surface area contributed by atoms with Crippen LogP contribution in [0.3, 0.4) is 0 Å². The molecule has 8 heteroatoms. The first-order chi connectivity index (χ1) is 14.7. The Morgan fingerprint density at radius 1 is 1.20 bits per heavy atom. The molecule has 7 nitrogen and oxygen atoms in total. The fourth-order valence-corrected chi connectivity index (χ4v) is 2.82. The van der Waals surface area contributed by atoms with Crippen molar-refractivity contribution < 1.29 is 9.13 Å². The number of pyridine rings is 1. The molecule has 158 valence electrons. The van der Waals surface area contributed by atoms with Gasteiger partial charge in [0.25, 0.3) is 0 Å². The van der Waals surface area contributed by atoms with E-state index >= 15 is 0 Å². The molecule has 3 aromatic rings. The molecule has 1 atom stereocenters. The van der Waals surface area contributed by atoms with Crippen LogP contribution in [0.25, 0.3) is 5.82 Å². The van der Waals surface area contributed by atoms with E-state index in [1.165, 1.54) is 12.1 Å². The number of halogens is 1. The summed E-state index contributed by atoms with van der Waals surface area (Å²) < 4.78 is 21.1. The van der Waals surface area contributed by atoms with E-state index < -0.39 is 0 Å². The molecule has 0 spiro atoms. The molecule has 2 aromatic heterocycles. The van der Waals surface area contributed by atoms with Crippen molar-refractivity contribution in [3.63, 3.8) is 0 Å². The molecule has 0 aliphatic carbocycles. The van der Waals surface area contributed by atoms with E-state index in [9.17, 15) is 4.39 Å². The third-order valence-electron chi connectivity index (χ3n) is 4.39. The lowest BCUT2D eigenvalue weighted by molar-refractivity contribution is 0.198. The molecule has 0 fully saturated rings. The van der Waals surface area contributed by atoms with Crippen LogP contribution in [0.4, 0.5) is 4.39 Å². The number of imidazole rings is 1. The Kier molecular flexibility index (Phi) is 7.77. The Balaban J connectivity index is 1.60. The predicted molar refractivity (Wildman–Crippen MR) is 115 cm³/mol. The highest BCUT2D eigenvalue weighted by Gasteiger charge is 2.10. The van der Waals surface area contributed by atoms with Crippen LogP contribution in [-0.4, -0.2) is 39.7 Å². The van der Waals surface area contributed by atoms with Crippen molar-refractivity contribution in [3.8, 4) is 11.6 Å². The Morgan fingerprint density at radius 3 is 2.83 bits per heavy atom. The van der Waals surface area contributed by atoms with Crippen LogP contribution in [0, 0.1) is 5.82 Å². The van der Waals surface area contributed by atoms with Crippen molar-refractivity contribution in [2.75, 3.05) is 13.1 Å². The van der Waals surface area contributed by atoms with E-state index in [0.717, 1.165) is 24.3 Å². The largest absolute Gasteiger partial charge is 0.489 e. The second-order valence-electron chi connectivity index (χ2n) is 6.67. The van der Waals surface area contributed by atoms with Crippen molar-refractivity contribution in [3.05, 3.63) is 72.7 Å². The Bertz CT molecular complexity index is 944. The van der Waals surface area contributed by atoms with Crippen LogP contribution in [0.15, 0.2) is 66.3 Å². The average Bonchev–Trinajstić information content (AvgIpc) is 3.30. The highest BCUT2D eigenvalue weighted by atomic mass is 19.1. The lowest BCUT2D eigenvalue weighted by Gasteiger charge is -2.20. The molecular formula is C22H27FN6O. The molecule has 30 heavy (non-hydrogen) atoms. The number of aromatic nitrogens is 3. The van der Waals surface area contributed by atoms with Crippen LogP contribution in [-0.2, 0) is 6.54 Å². The van der Waals surface area contributed by atoms with Crippen molar-refractivity contribution in [1.29, 1.82) is 0 Å². The Labute approximate surface area is 176 Å². The molecule has 2 N–H and O–H groups in total. The number of hydrogen-bond donors (Lipinski definition) is 2. The molecule has 0 saturated heterocycles. The monoisotopic (exact) mass is 410 g/mol. The van der Waals surface area contributed by atoms with Crippen molar-refractivity contribution in [2.45, 2.75) is 32.9 Å². The maximum atomic E-state index is 13.4. The van der Waals surface area contributed by atoms with Gasteiger partial charge in [0.2, 0.25) is 0 Å². The number of guanidine groups is 1. The highest BCUT2D eigenvalue weighted by Crippen LogP contribution is 2.14. The van der Waals surface area contributed by atoms with Gasteiger partial charge in [-0.15, -0.1) is 0 Å². The molecule has 1 unspecified atom stereocenters. The molecule has 1 aromatic carbocycles. The number of rotatable bonds is 9. The first-order valence-electron chi connectivity index (χ1n) is 10.1. The van der Waals surface area contributed by atoms with Gasteiger partial charge in [0.05, 0.1) is 13.1 Å². The minimum atomic E-state index is -0.308. The minimum absolute atomic E-state index is 0.107. The molecule has 2 heterocycles. The lowest BCUT2D eigenvalue weighted by Crippen LogP contribution is -2.42. The fourth-order valence-electron chi connectivity index (χ4n) is 2.82. The second kappa shape index (κ2) is 10.9. The van der Waals surface area contributed by atoms with Crippen molar-refractivity contribution in [1.82, 2.24) is 25.2 Å². The maximum Gasteiger partial charge on any atom is 0.191 e. The van der Waals surface area contributed by atoms with E-state index in [1.54, 1.807) is 30.9 Å². The molecule has 0 bridgehead atoms. The molecule has 0 radical (unpaired) electrons. The average molecular weight is 410 g/mol. The van der Waals surface area contributed by atoms with Gasteiger partial charge in [-0.25, -0.2) is 19.4 Å². The zero-order valence-corrected chi connectivity index (χ0v) is 17.3. The number of ether oxygens (including phenoxy) is 1. The second-order valence-corrected chi connectivity index (χ2v) is 6.67. The third kappa shape index (κ3) is 6.30. The van der Waals surface area contributed by atoms with Gasteiger partial charge in [0.15, 0.2) is 5.96 Å². The molecule has 0 aliphatic rings. The fraction of sp³-hybridized carbons (Fsp3) is 0.318. The van der Waals surface area contributed by atoms with E-state index in [0.29, 0.717) is 24.8 Å². The van der Waals surface area contributed by atoms with E-state index in [2.05, 4.69) is 25.6 Å². The Morgan fingerprint density at radius 2 is 2.10 bits per heavy atom. The quantitative estimate of drug-likeness (QED) is 0.418. The van der Waals surface area contributed by atoms with Crippen LogP contribution in [0.2, 0.25) is 0 Å². The van der Waals surface area contributed by atoms with Gasteiger partial charge in [0.1, 0.15) is 29.8 Å². The van der Waals surface area contributed by atoms with Gasteiger partial charge in [-0.05, 0) is 43.2 Å². The van der Waals surface area contributed by atoms with Gasteiger partial charge >= 0.3 is 0 Å². The maximum absolute atomic E-state index is 13.4. The number of nitrogens with one attached hydrogen (secondary N) is 2. The number of benzene rings is 1. The summed E-state index contributed by atoms with van der Waals surface area (Å²) in [7, 11) is 0. The standard InChI is InChI=1S/C22H27FN6O/c1-3-19(30-20-7-5-6-18(23)13-20)15-28-22(25-4-2)27-14-17-8-9-26-21(12-17)29-11-10-24-16-29/h5-13,16,19H,3-4,14-15H2,1-2H3,(H2,25,27,28). The van der Waals surface area contributed by atoms with Crippen molar-refractivity contribution in [2.24, 2.45) is 4.99 Å². The van der Waals surface area contributed by atoms with Crippen LogP contribution in [0.1, 0.15) is 25.8 Å². The summed E-state index contributed by atoms with van der Waals surface area (Å²) in [6.45, 7) is 5.84. The summed E-state index contributed by atoms with van der Waals surface area (Å²) >= 11 is 0. The highest BCUT2D eigenvalue weighted by molar-refractivity contribution is 5.79. The van der Waals surface area contributed by atoms with Gasteiger partial charge in [0, 0.05) is 31.2 Å². The summed E-state index contributed by atoms with van der Waals surface area (Å²) in [5, 5.41) is 6.55. The topological polar surface area (TPSA) is 76.4 Å². The first-order valence-corrected chi connectivity index (χ1v) is 10.1. The summed E-state index contributed by atoms with van der Waals surface area (Å²) in [6.07, 6.45) is 7.72. The lowest BCUT2D eigenvalue weighted by atomic mass is 10.2. The van der Waals surface area contributed by atoms with Crippen LogP contribution < -0.4 is 15.4 Å². The number of nitrogens with zero attached hydrogens (tertiary/aromatic N) is 4. The molecule has 3 rings (SSSR count). The van der Waals surface area contributed by atoms with Gasteiger partial charge in [-0.3, -0.25) is 4.57 Å². The van der Waals surface area contributed by atoms with E-state index in [4.69, 9.17) is 4.74 Å². The van der Waals surface area contributed by atoms with Gasteiger partial charge in [-0.1, -0.05) is 13.0 Å². The SMILES string of the molecule is CCNC(=NCc1ccnc(-n2ccnc2)c1)NCC(CC)Oc1cccc(F)c1. The summed E-state index contributed by atoms with van der Waals surface area (Å²) in [5.74, 6) is 1.71. The number of hydrogen-bond acceptors (Lipinski definition) is 4. The molecular weight excluding hydrogens is 383 g/mol. The van der Waals surface area contributed by atoms with Crippen LogP contribution >= 0.6 is 0 Å². The van der Waals surface area contributed by atoms with E-state index in [-0.39, 0.29) is 11.9 Å². The normalized spacial score (nSPS) is 12.4. The summed E-state index contributed by atoms with van der Waals surface area (Å²) in [4.78, 5) is 13.1. The third-order valence-corrected chi connectivity index (χ3v) is 4.39. The zero-order chi connectivity index (χ0) is 21.2. The van der Waals surface area contributed by atoms with Crippen LogP contribution in [0.5, 0.6) is 5.75 Å². The Hall–Kier alpha value is -3.42. The smallest absolute Gasteiger partial charge is 0.191 e. The van der Waals surface area contributed by atoms with Gasteiger partial charge < -0.3 is 15.4 Å². The predicted octanol–water partition coefficient (Wildman–Crippen LogP) is 3.32. The van der Waals surface area contributed by atoms with Gasteiger partial charge in [-0.2, -0.15) is 0 Å². The van der Waals surface area contributed by atoms with Crippen molar-refractivity contribution >= 4 is 5.96 Å².